The Morgan fingerprint density at radius 2 is 1.88 bits per heavy atom. The fraction of sp³-hybridized carbons (Fsp3) is 0.300. The van der Waals surface area contributed by atoms with E-state index < -0.39 is 0 Å². The summed E-state index contributed by atoms with van der Waals surface area (Å²) in [5.74, 6) is -0.465. The molecular weight excluding hydrogens is 371 g/mol. The van der Waals surface area contributed by atoms with Crippen LogP contribution in [-0.2, 0) is 16.0 Å². The molecule has 134 valence electrons. The number of hydrogen-bond acceptors (Lipinski definition) is 2. The molecule has 4 nitrogen and oxygen atoms in total. The average molecular weight is 389 g/mol. The van der Waals surface area contributed by atoms with Gasteiger partial charge in [-0.1, -0.05) is 41.4 Å². The summed E-state index contributed by atoms with van der Waals surface area (Å²) in [4.78, 5) is 29.1. The Morgan fingerprint density at radius 1 is 1.08 bits per heavy atom. The van der Waals surface area contributed by atoms with Gasteiger partial charge in [-0.15, -0.1) is 0 Å². The van der Waals surface area contributed by atoms with Crippen LogP contribution in [0.4, 0.5) is 11.4 Å². The van der Waals surface area contributed by atoms with Crippen molar-refractivity contribution in [2.75, 3.05) is 22.9 Å². The lowest BCUT2D eigenvalue weighted by atomic mass is 9.99. The first kappa shape index (κ1) is 17.4. The SMILES string of the molecule is O=C1CC(C(=O)N2CCCc3ccccc32)CN1c1cc(Cl)ccc1Cl. The first-order valence-corrected chi connectivity index (χ1v) is 9.45. The molecule has 0 aliphatic carbocycles. The molecule has 0 radical (unpaired) electrons. The molecule has 1 atom stereocenters. The van der Waals surface area contributed by atoms with Crippen molar-refractivity contribution in [1.82, 2.24) is 0 Å². The van der Waals surface area contributed by atoms with Crippen LogP contribution in [0, 0.1) is 5.92 Å². The number of aryl methyl sites for hydroxylation is 1. The quantitative estimate of drug-likeness (QED) is 0.768. The minimum absolute atomic E-state index is 0.00569. The van der Waals surface area contributed by atoms with Gasteiger partial charge >= 0.3 is 0 Å². The summed E-state index contributed by atoms with van der Waals surface area (Å²) < 4.78 is 0. The highest BCUT2D eigenvalue weighted by atomic mass is 35.5. The van der Waals surface area contributed by atoms with E-state index in [2.05, 4.69) is 6.07 Å². The van der Waals surface area contributed by atoms with Crippen LogP contribution in [0.2, 0.25) is 10.0 Å². The zero-order valence-electron chi connectivity index (χ0n) is 14.1. The van der Waals surface area contributed by atoms with Crippen molar-refractivity contribution in [3.05, 3.63) is 58.1 Å². The lowest BCUT2D eigenvalue weighted by Crippen LogP contribution is -2.40. The smallest absolute Gasteiger partial charge is 0.232 e. The normalized spacial score (nSPS) is 19.6. The zero-order valence-corrected chi connectivity index (χ0v) is 15.6. The fourth-order valence-electron chi connectivity index (χ4n) is 3.78. The number of carbonyl (C=O) groups is 2. The number of para-hydroxylation sites is 1. The number of amides is 2. The van der Waals surface area contributed by atoms with E-state index in [9.17, 15) is 9.59 Å². The molecule has 2 aromatic rings. The molecule has 1 saturated heterocycles. The van der Waals surface area contributed by atoms with E-state index in [4.69, 9.17) is 23.2 Å². The highest BCUT2D eigenvalue weighted by Crippen LogP contribution is 2.35. The van der Waals surface area contributed by atoms with Crippen molar-refractivity contribution in [3.63, 3.8) is 0 Å². The molecule has 2 aromatic carbocycles. The zero-order chi connectivity index (χ0) is 18.3. The number of fused-ring (bicyclic) bond motifs is 1. The lowest BCUT2D eigenvalue weighted by Gasteiger charge is -2.31. The van der Waals surface area contributed by atoms with Crippen LogP contribution >= 0.6 is 23.2 Å². The minimum atomic E-state index is -0.372. The minimum Gasteiger partial charge on any atom is -0.312 e. The summed E-state index contributed by atoms with van der Waals surface area (Å²) in [5, 5.41) is 0.969. The Balaban J connectivity index is 1.58. The molecular formula is C20H18Cl2N2O2. The molecule has 2 amide bonds. The third-order valence-corrected chi connectivity index (χ3v) is 5.60. The predicted molar refractivity (Wildman–Crippen MR) is 104 cm³/mol. The van der Waals surface area contributed by atoms with Gasteiger partial charge in [0, 0.05) is 30.2 Å². The van der Waals surface area contributed by atoms with Crippen molar-refractivity contribution >= 4 is 46.4 Å². The number of hydrogen-bond donors (Lipinski definition) is 0. The highest BCUT2D eigenvalue weighted by Gasteiger charge is 2.39. The summed E-state index contributed by atoms with van der Waals surface area (Å²) in [6, 6.07) is 13.0. The van der Waals surface area contributed by atoms with Gasteiger partial charge in [0.15, 0.2) is 0 Å². The van der Waals surface area contributed by atoms with Crippen LogP contribution in [0.25, 0.3) is 0 Å². The molecule has 0 aromatic heterocycles. The molecule has 2 aliphatic rings. The molecule has 26 heavy (non-hydrogen) atoms. The lowest BCUT2D eigenvalue weighted by molar-refractivity contribution is -0.124. The monoisotopic (exact) mass is 388 g/mol. The molecule has 0 spiro atoms. The van der Waals surface area contributed by atoms with Crippen LogP contribution in [0.5, 0.6) is 0 Å². The van der Waals surface area contributed by atoms with Gasteiger partial charge in [0.1, 0.15) is 0 Å². The van der Waals surface area contributed by atoms with Crippen molar-refractivity contribution in [2.24, 2.45) is 5.92 Å². The van der Waals surface area contributed by atoms with E-state index in [1.165, 1.54) is 5.56 Å². The van der Waals surface area contributed by atoms with Crippen LogP contribution in [0.3, 0.4) is 0 Å². The van der Waals surface area contributed by atoms with Crippen molar-refractivity contribution in [1.29, 1.82) is 0 Å². The topological polar surface area (TPSA) is 40.6 Å². The summed E-state index contributed by atoms with van der Waals surface area (Å²) in [6.07, 6.45) is 2.11. The van der Waals surface area contributed by atoms with E-state index >= 15 is 0 Å². The van der Waals surface area contributed by atoms with E-state index in [0.29, 0.717) is 28.8 Å². The first-order chi connectivity index (χ1) is 12.5. The van der Waals surface area contributed by atoms with Gasteiger partial charge in [0.05, 0.1) is 16.6 Å². The maximum absolute atomic E-state index is 13.1. The fourth-order valence-corrected chi connectivity index (χ4v) is 4.17. The number of carbonyl (C=O) groups excluding carboxylic acids is 2. The standard InChI is InChI=1S/C20H18Cl2N2O2/c21-15-7-8-16(22)18(11-15)24-12-14(10-19(24)25)20(26)23-9-3-5-13-4-1-2-6-17(13)23/h1-2,4,6-8,11,14H,3,5,9-10,12H2. The van der Waals surface area contributed by atoms with Gasteiger partial charge in [-0.2, -0.15) is 0 Å². The molecule has 0 bridgehead atoms. The Bertz CT molecular complexity index is 884. The highest BCUT2D eigenvalue weighted by molar-refractivity contribution is 6.36. The van der Waals surface area contributed by atoms with Crippen LogP contribution in [0.1, 0.15) is 18.4 Å². The van der Waals surface area contributed by atoms with E-state index in [1.807, 2.05) is 23.1 Å². The Morgan fingerprint density at radius 3 is 2.73 bits per heavy atom. The van der Waals surface area contributed by atoms with Crippen LogP contribution < -0.4 is 9.80 Å². The molecule has 6 heteroatoms. The van der Waals surface area contributed by atoms with Crippen LogP contribution in [0.15, 0.2) is 42.5 Å². The van der Waals surface area contributed by atoms with Gasteiger partial charge in [-0.3, -0.25) is 9.59 Å². The molecule has 0 saturated carbocycles. The Labute approximate surface area is 162 Å². The molecule has 4 rings (SSSR count). The number of rotatable bonds is 2. The molecule has 2 heterocycles. The van der Waals surface area contributed by atoms with Gasteiger partial charge < -0.3 is 9.80 Å². The number of nitrogens with zero attached hydrogens (tertiary/aromatic N) is 2. The molecule has 0 N–H and O–H groups in total. The van der Waals surface area contributed by atoms with E-state index in [0.717, 1.165) is 18.5 Å². The third-order valence-electron chi connectivity index (χ3n) is 5.05. The predicted octanol–water partition coefficient (Wildman–Crippen LogP) is 4.33. The van der Waals surface area contributed by atoms with Gasteiger partial charge in [0.25, 0.3) is 0 Å². The number of halogens is 2. The maximum atomic E-state index is 13.1. The summed E-state index contributed by atoms with van der Waals surface area (Å²) in [6.45, 7) is 1.02. The van der Waals surface area contributed by atoms with Gasteiger partial charge in [0.2, 0.25) is 11.8 Å². The Hall–Kier alpha value is -2.04. The van der Waals surface area contributed by atoms with E-state index in [-0.39, 0.29) is 24.2 Å². The molecule has 1 unspecified atom stereocenters. The van der Waals surface area contributed by atoms with Crippen molar-refractivity contribution in [2.45, 2.75) is 19.3 Å². The van der Waals surface area contributed by atoms with Crippen molar-refractivity contribution < 1.29 is 9.59 Å². The maximum Gasteiger partial charge on any atom is 0.232 e. The van der Waals surface area contributed by atoms with Crippen LogP contribution in [-0.4, -0.2) is 24.9 Å². The summed E-state index contributed by atoms with van der Waals surface area (Å²) in [5.41, 5.74) is 2.72. The van der Waals surface area contributed by atoms with Gasteiger partial charge in [-0.25, -0.2) is 0 Å². The second-order valence-electron chi connectivity index (χ2n) is 6.72. The molecule has 1 fully saturated rings. The van der Waals surface area contributed by atoms with Crippen molar-refractivity contribution in [3.8, 4) is 0 Å². The largest absolute Gasteiger partial charge is 0.312 e. The van der Waals surface area contributed by atoms with E-state index in [1.54, 1.807) is 23.1 Å². The summed E-state index contributed by atoms with van der Waals surface area (Å²) >= 11 is 12.3. The van der Waals surface area contributed by atoms with Gasteiger partial charge in [-0.05, 0) is 42.7 Å². The second-order valence-corrected chi connectivity index (χ2v) is 7.57. The second kappa shape index (κ2) is 6.93. The number of benzene rings is 2. The Kier molecular flexibility index (Phi) is 4.63. The molecule has 2 aliphatic heterocycles. The summed E-state index contributed by atoms with van der Waals surface area (Å²) in [7, 11) is 0. The average Bonchev–Trinajstić information content (AvgIpc) is 3.04. The third kappa shape index (κ3) is 3.08. The first-order valence-electron chi connectivity index (χ1n) is 8.69. The number of anilines is 2.